The zero-order chi connectivity index (χ0) is 17.4. The lowest BCUT2D eigenvalue weighted by Crippen LogP contribution is -2.61. The van der Waals surface area contributed by atoms with Crippen molar-refractivity contribution in [3.05, 3.63) is 18.0 Å². The van der Waals surface area contributed by atoms with Crippen molar-refractivity contribution in [3.63, 3.8) is 0 Å². The van der Waals surface area contributed by atoms with Crippen molar-refractivity contribution >= 4 is 17.4 Å². The first-order valence-electron chi connectivity index (χ1n) is 8.66. The van der Waals surface area contributed by atoms with Crippen LogP contribution in [0, 0.1) is 0 Å². The maximum atomic E-state index is 11.8. The van der Waals surface area contributed by atoms with E-state index >= 15 is 0 Å². The van der Waals surface area contributed by atoms with Crippen LogP contribution in [0.5, 0.6) is 0 Å². The van der Waals surface area contributed by atoms with Gasteiger partial charge in [0.1, 0.15) is 11.4 Å². The second-order valence-corrected chi connectivity index (χ2v) is 6.54. The van der Waals surface area contributed by atoms with Gasteiger partial charge in [0.05, 0.1) is 6.61 Å². The number of hydrogen-bond acceptors (Lipinski definition) is 7. The van der Waals surface area contributed by atoms with Gasteiger partial charge in [-0.1, -0.05) is 6.92 Å². The minimum absolute atomic E-state index is 0.271. The fourth-order valence-electron chi connectivity index (χ4n) is 3.68. The van der Waals surface area contributed by atoms with E-state index in [1.807, 2.05) is 24.0 Å². The average Bonchev–Trinajstić information content (AvgIpc) is 3.29. The first kappa shape index (κ1) is 16.2. The molecule has 0 aliphatic carbocycles. The highest BCUT2D eigenvalue weighted by molar-refractivity contribution is 5.79. The number of rotatable bonds is 4. The van der Waals surface area contributed by atoms with Crippen LogP contribution in [0.15, 0.2) is 12.1 Å². The Labute approximate surface area is 145 Å². The Bertz CT molecular complexity index is 777. The number of aryl methyl sites for hydroxylation is 1. The van der Waals surface area contributed by atoms with Gasteiger partial charge in [0.25, 0.3) is 0 Å². The van der Waals surface area contributed by atoms with E-state index in [2.05, 4.69) is 20.2 Å². The average molecular weight is 346 g/mol. The van der Waals surface area contributed by atoms with Crippen LogP contribution in [0.2, 0.25) is 0 Å². The number of carboxylic acids is 1. The fraction of sp³-hybridized carbons (Fsp3) is 0.625. The Balaban J connectivity index is 1.51. The van der Waals surface area contributed by atoms with Crippen molar-refractivity contribution in [2.24, 2.45) is 0 Å². The van der Waals surface area contributed by atoms with Crippen molar-refractivity contribution in [2.75, 3.05) is 44.3 Å². The summed E-state index contributed by atoms with van der Waals surface area (Å²) in [6.45, 7) is 5.63. The minimum atomic E-state index is -0.868. The number of piperazine rings is 1. The van der Waals surface area contributed by atoms with Crippen LogP contribution in [-0.2, 0) is 16.0 Å². The van der Waals surface area contributed by atoms with E-state index in [9.17, 15) is 9.90 Å². The Morgan fingerprint density at radius 3 is 2.72 bits per heavy atom. The van der Waals surface area contributed by atoms with Gasteiger partial charge in [-0.05, 0) is 12.1 Å². The molecule has 4 heterocycles. The van der Waals surface area contributed by atoms with Gasteiger partial charge in [-0.3, -0.25) is 9.69 Å². The molecule has 1 N–H and O–H groups in total. The lowest BCUT2D eigenvalue weighted by Gasteiger charge is -2.42. The largest absolute Gasteiger partial charge is 0.480 e. The maximum absolute atomic E-state index is 11.8. The van der Waals surface area contributed by atoms with Gasteiger partial charge in [-0.2, -0.15) is 4.52 Å². The molecule has 4 rings (SSSR count). The second-order valence-electron chi connectivity index (χ2n) is 6.54. The molecule has 2 aliphatic heterocycles. The van der Waals surface area contributed by atoms with Crippen LogP contribution in [0.25, 0.3) is 5.65 Å². The standard InChI is InChI=1S/C16H22N6O3/c1-2-12-17-18-13-3-4-14(19-22(12)13)20-6-8-21(9-7-20)16(15(23)24)5-10-25-11-16/h3-4H,2,5-11H2,1H3,(H,23,24). The van der Waals surface area contributed by atoms with E-state index in [4.69, 9.17) is 4.74 Å². The third-order valence-electron chi connectivity index (χ3n) is 5.24. The van der Waals surface area contributed by atoms with Crippen molar-refractivity contribution in [1.29, 1.82) is 0 Å². The first-order valence-corrected chi connectivity index (χ1v) is 8.66. The number of carboxylic acid groups (broad SMARTS) is 1. The van der Waals surface area contributed by atoms with E-state index in [1.165, 1.54) is 0 Å². The molecule has 0 radical (unpaired) electrons. The molecule has 9 nitrogen and oxygen atoms in total. The smallest absolute Gasteiger partial charge is 0.326 e. The zero-order valence-corrected chi connectivity index (χ0v) is 14.3. The number of hydrogen-bond donors (Lipinski definition) is 1. The summed E-state index contributed by atoms with van der Waals surface area (Å²) in [6.07, 6.45) is 1.32. The van der Waals surface area contributed by atoms with Gasteiger partial charge < -0.3 is 14.7 Å². The molecule has 25 heavy (non-hydrogen) atoms. The summed E-state index contributed by atoms with van der Waals surface area (Å²) in [5.41, 5.74) is -0.125. The Hall–Kier alpha value is -2.26. The molecular formula is C16H22N6O3. The van der Waals surface area contributed by atoms with Crippen LogP contribution >= 0.6 is 0 Å². The summed E-state index contributed by atoms with van der Waals surface area (Å²) in [4.78, 5) is 16.0. The molecule has 1 unspecified atom stereocenters. The predicted octanol–water partition coefficient (Wildman–Crippen LogP) is 0.0524. The summed E-state index contributed by atoms with van der Waals surface area (Å²) in [5.74, 6) is 0.923. The van der Waals surface area contributed by atoms with Gasteiger partial charge in [0, 0.05) is 45.6 Å². The number of aromatic nitrogens is 4. The van der Waals surface area contributed by atoms with Crippen LogP contribution in [0.4, 0.5) is 5.82 Å². The molecular weight excluding hydrogens is 324 g/mol. The van der Waals surface area contributed by atoms with Crippen LogP contribution in [0.1, 0.15) is 19.2 Å². The predicted molar refractivity (Wildman–Crippen MR) is 89.7 cm³/mol. The highest BCUT2D eigenvalue weighted by Gasteiger charge is 2.48. The molecule has 134 valence electrons. The van der Waals surface area contributed by atoms with Crippen LogP contribution < -0.4 is 4.90 Å². The Kier molecular flexibility index (Phi) is 4.04. The SMILES string of the molecule is CCc1nnc2ccc(N3CCN(C4(C(=O)O)CCOC4)CC3)nn12. The molecule has 0 amide bonds. The number of anilines is 1. The van der Waals surface area contributed by atoms with Gasteiger partial charge in [0.15, 0.2) is 11.5 Å². The molecule has 1 atom stereocenters. The normalized spacial score (nSPS) is 24.9. The van der Waals surface area contributed by atoms with E-state index in [-0.39, 0.29) is 6.61 Å². The van der Waals surface area contributed by atoms with E-state index in [0.717, 1.165) is 36.8 Å². The molecule has 2 aliphatic rings. The molecule has 0 bridgehead atoms. The topological polar surface area (TPSA) is 96.1 Å². The molecule has 0 aromatic carbocycles. The molecule has 0 saturated carbocycles. The van der Waals surface area contributed by atoms with E-state index < -0.39 is 11.5 Å². The molecule has 0 spiro atoms. The third-order valence-corrected chi connectivity index (χ3v) is 5.24. The molecule has 2 saturated heterocycles. The molecule has 9 heteroatoms. The first-order chi connectivity index (χ1) is 12.1. The zero-order valence-electron chi connectivity index (χ0n) is 14.3. The highest BCUT2D eigenvalue weighted by atomic mass is 16.5. The molecule has 2 aromatic heterocycles. The number of carbonyl (C=O) groups is 1. The minimum Gasteiger partial charge on any atom is -0.480 e. The quantitative estimate of drug-likeness (QED) is 0.830. The summed E-state index contributed by atoms with van der Waals surface area (Å²) < 4.78 is 7.17. The molecule has 2 aromatic rings. The summed E-state index contributed by atoms with van der Waals surface area (Å²) in [5, 5.41) is 22.6. The third kappa shape index (κ3) is 2.63. The summed E-state index contributed by atoms with van der Waals surface area (Å²) >= 11 is 0. The maximum Gasteiger partial charge on any atom is 0.326 e. The monoisotopic (exact) mass is 346 g/mol. The summed E-state index contributed by atoms with van der Waals surface area (Å²) in [6, 6.07) is 3.87. The number of fused-ring (bicyclic) bond motifs is 1. The van der Waals surface area contributed by atoms with Crippen LogP contribution in [0.3, 0.4) is 0 Å². The van der Waals surface area contributed by atoms with E-state index in [0.29, 0.717) is 26.1 Å². The van der Waals surface area contributed by atoms with Crippen molar-refractivity contribution in [3.8, 4) is 0 Å². The van der Waals surface area contributed by atoms with Crippen molar-refractivity contribution < 1.29 is 14.6 Å². The summed E-state index contributed by atoms with van der Waals surface area (Å²) in [7, 11) is 0. The van der Waals surface area contributed by atoms with Gasteiger partial charge in [-0.15, -0.1) is 15.3 Å². The Morgan fingerprint density at radius 2 is 2.08 bits per heavy atom. The van der Waals surface area contributed by atoms with Crippen molar-refractivity contribution in [1.82, 2.24) is 24.7 Å². The second kappa shape index (κ2) is 6.23. The number of aliphatic carboxylic acids is 1. The number of nitrogens with zero attached hydrogens (tertiary/aromatic N) is 6. The lowest BCUT2D eigenvalue weighted by molar-refractivity contribution is -0.152. The van der Waals surface area contributed by atoms with Crippen LogP contribution in [-0.4, -0.2) is 80.7 Å². The lowest BCUT2D eigenvalue weighted by atomic mass is 9.95. The van der Waals surface area contributed by atoms with Gasteiger partial charge in [-0.25, -0.2) is 0 Å². The van der Waals surface area contributed by atoms with Gasteiger partial charge >= 0.3 is 5.97 Å². The van der Waals surface area contributed by atoms with Crippen molar-refractivity contribution in [2.45, 2.75) is 25.3 Å². The van der Waals surface area contributed by atoms with Gasteiger partial charge in [0.2, 0.25) is 0 Å². The Morgan fingerprint density at radius 1 is 1.28 bits per heavy atom. The fourth-order valence-corrected chi connectivity index (χ4v) is 3.68. The number of ether oxygens (including phenoxy) is 1. The highest BCUT2D eigenvalue weighted by Crippen LogP contribution is 2.28. The van der Waals surface area contributed by atoms with E-state index in [1.54, 1.807) is 4.52 Å². The molecule has 2 fully saturated rings.